The molecule has 0 aliphatic carbocycles. The first-order valence-corrected chi connectivity index (χ1v) is 14.4. The van der Waals surface area contributed by atoms with E-state index in [1.54, 1.807) is 41.8 Å². The lowest BCUT2D eigenvalue weighted by atomic mass is 10.2. The van der Waals surface area contributed by atoms with Gasteiger partial charge in [-0.25, -0.2) is 13.4 Å². The summed E-state index contributed by atoms with van der Waals surface area (Å²) in [7, 11) is -3.58. The Bertz CT molecular complexity index is 1330. The van der Waals surface area contributed by atoms with Crippen LogP contribution >= 0.6 is 34.4 Å². The predicted molar refractivity (Wildman–Crippen MR) is 140 cm³/mol. The highest BCUT2D eigenvalue weighted by atomic mass is 32.2. The summed E-state index contributed by atoms with van der Waals surface area (Å²) in [6.07, 6.45) is 0. The number of thioether (sulfide) groups is 1. The Balaban J connectivity index is 1.28. The highest BCUT2D eigenvalue weighted by Gasteiger charge is 2.15. The summed E-state index contributed by atoms with van der Waals surface area (Å²) >= 11 is 3.88. The SMILES string of the molecule is CCOc1ccc(-c2csc(NC(=O)CSc3ccc(NS(=O)(=O)c4cccs4)cc3)n2)cc1. The van der Waals surface area contributed by atoms with Crippen molar-refractivity contribution in [1.82, 2.24) is 4.98 Å². The third kappa shape index (κ3) is 6.38. The minimum Gasteiger partial charge on any atom is -0.494 e. The highest BCUT2D eigenvalue weighted by Crippen LogP contribution is 2.27. The zero-order valence-electron chi connectivity index (χ0n) is 18.1. The van der Waals surface area contributed by atoms with Crippen LogP contribution in [0.4, 0.5) is 10.8 Å². The van der Waals surface area contributed by atoms with Gasteiger partial charge in [0.05, 0.1) is 18.1 Å². The predicted octanol–water partition coefficient (Wildman–Crippen LogP) is 5.80. The summed E-state index contributed by atoms with van der Waals surface area (Å²) < 4.78 is 32.9. The van der Waals surface area contributed by atoms with Gasteiger partial charge in [0, 0.05) is 21.5 Å². The number of nitrogens with zero attached hydrogens (tertiary/aromatic N) is 1. The van der Waals surface area contributed by atoms with Crippen molar-refractivity contribution >= 4 is 61.2 Å². The van der Waals surface area contributed by atoms with E-state index < -0.39 is 10.0 Å². The fourth-order valence-electron chi connectivity index (χ4n) is 2.90. The van der Waals surface area contributed by atoms with E-state index in [0.717, 1.165) is 33.2 Å². The van der Waals surface area contributed by atoms with Gasteiger partial charge >= 0.3 is 0 Å². The topological polar surface area (TPSA) is 97.4 Å². The van der Waals surface area contributed by atoms with E-state index in [4.69, 9.17) is 4.74 Å². The Morgan fingerprint density at radius 3 is 2.50 bits per heavy atom. The van der Waals surface area contributed by atoms with Gasteiger partial charge in [-0.2, -0.15) is 0 Å². The summed E-state index contributed by atoms with van der Waals surface area (Å²) in [5, 5.41) is 6.97. The Morgan fingerprint density at radius 2 is 1.82 bits per heavy atom. The Labute approximate surface area is 210 Å². The van der Waals surface area contributed by atoms with Gasteiger partial charge in [-0.05, 0) is 66.9 Å². The average Bonchev–Trinajstić information content (AvgIpc) is 3.52. The first kappa shape index (κ1) is 24.3. The third-order valence-corrected chi connectivity index (χ3v) is 9.00. The summed E-state index contributed by atoms with van der Waals surface area (Å²) in [4.78, 5) is 17.7. The molecule has 1 amide bonds. The second-order valence-electron chi connectivity index (χ2n) is 6.89. The minimum absolute atomic E-state index is 0.167. The third-order valence-electron chi connectivity index (χ3n) is 4.45. The molecule has 4 aromatic rings. The van der Waals surface area contributed by atoms with Crippen LogP contribution in [0.1, 0.15) is 6.92 Å². The van der Waals surface area contributed by atoms with Crippen molar-refractivity contribution in [3.63, 3.8) is 0 Å². The maximum Gasteiger partial charge on any atom is 0.271 e. The number of benzene rings is 2. The summed E-state index contributed by atoms with van der Waals surface area (Å²) in [5.74, 6) is 0.846. The summed E-state index contributed by atoms with van der Waals surface area (Å²) in [6.45, 7) is 2.55. The molecule has 0 aliphatic rings. The molecule has 4 rings (SSSR count). The molecule has 0 fully saturated rings. The fourth-order valence-corrected chi connectivity index (χ4v) is 6.38. The van der Waals surface area contributed by atoms with Gasteiger partial charge in [0.2, 0.25) is 5.91 Å². The van der Waals surface area contributed by atoms with E-state index >= 15 is 0 Å². The highest BCUT2D eigenvalue weighted by molar-refractivity contribution is 8.00. The molecule has 0 unspecified atom stereocenters. The molecular weight excluding hydrogens is 511 g/mol. The number of amides is 1. The maximum absolute atomic E-state index is 12.4. The number of hydrogen-bond acceptors (Lipinski definition) is 8. The van der Waals surface area contributed by atoms with Gasteiger partial charge in [-0.3, -0.25) is 9.52 Å². The standard InChI is InChI=1S/C23H21N3O4S4/c1-2-30-18-9-5-16(6-10-18)20-14-33-23(24-20)25-21(27)15-32-19-11-7-17(8-12-19)26-34(28,29)22-4-3-13-31-22/h3-14,26H,2,15H2,1H3,(H,24,25,27). The number of hydrogen-bond donors (Lipinski definition) is 2. The Morgan fingerprint density at radius 1 is 1.06 bits per heavy atom. The maximum atomic E-state index is 12.4. The van der Waals surface area contributed by atoms with E-state index in [0.29, 0.717) is 17.4 Å². The van der Waals surface area contributed by atoms with Crippen LogP contribution in [0.25, 0.3) is 11.3 Å². The second kappa shape index (κ2) is 11.0. The van der Waals surface area contributed by atoms with Gasteiger partial charge in [-0.1, -0.05) is 6.07 Å². The van der Waals surface area contributed by atoms with Gasteiger partial charge < -0.3 is 10.1 Å². The number of thiazole rings is 1. The number of aromatic nitrogens is 1. The second-order valence-corrected chi connectivity index (χ2v) is 11.7. The molecule has 2 N–H and O–H groups in total. The van der Waals surface area contributed by atoms with Crippen LogP contribution in [0.5, 0.6) is 5.75 Å². The smallest absolute Gasteiger partial charge is 0.271 e. The summed E-state index contributed by atoms with van der Waals surface area (Å²) in [6, 6.07) is 17.8. The van der Waals surface area contributed by atoms with Gasteiger partial charge in [0.25, 0.3) is 10.0 Å². The number of rotatable bonds is 10. The van der Waals surface area contributed by atoms with Crippen molar-refractivity contribution in [2.24, 2.45) is 0 Å². The number of nitrogens with one attached hydrogen (secondary N) is 2. The zero-order valence-corrected chi connectivity index (χ0v) is 21.3. The van der Waals surface area contributed by atoms with Crippen molar-refractivity contribution in [3.8, 4) is 17.0 Å². The molecule has 2 aromatic heterocycles. The number of carbonyl (C=O) groups excluding carboxylic acids is 1. The van der Waals surface area contributed by atoms with Crippen LogP contribution in [0.3, 0.4) is 0 Å². The fraction of sp³-hybridized carbons (Fsp3) is 0.130. The Hall–Kier alpha value is -2.86. The lowest BCUT2D eigenvalue weighted by molar-refractivity contribution is -0.113. The average molecular weight is 532 g/mol. The molecule has 0 saturated heterocycles. The Kier molecular flexibility index (Phi) is 7.88. The van der Waals surface area contributed by atoms with Crippen molar-refractivity contribution < 1.29 is 17.9 Å². The molecule has 0 spiro atoms. The minimum atomic E-state index is -3.58. The number of anilines is 2. The van der Waals surface area contributed by atoms with Crippen molar-refractivity contribution in [2.45, 2.75) is 16.0 Å². The molecule has 176 valence electrons. The van der Waals surface area contributed by atoms with Gasteiger partial charge in [-0.15, -0.1) is 34.4 Å². The van der Waals surface area contributed by atoms with Crippen molar-refractivity contribution in [3.05, 3.63) is 71.4 Å². The van der Waals surface area contributed by atoms with Crippen LogP contribution in [0, 0.1) is 0 Å². The largest absolute Gasteiger partial charge is 0.494 e. The molecule has 0 bridgehead atoms. The molecular formula is C23H21N3O4S4. The van der Waals surface area contributed by atoms with Crippen LogP contribution in [-0.4, -0.2) is 31.7 Å². The van der Waals surface area contributed by atoms with Gasteiger partial charge in [0.15, 0.2) is 5.13 Å². The quantitative estimate of drug-likeness (QED) is 0.251. The zero-order chi connectivity index (χ0) is 24.0. The molecule has 11 heteroatoms. The van der Waals surface area contributed by atoms with E-state index in [1.165, 1.54) is 23.1 Å². The molecule has 7 nitrogen and oxygen atoms in total. The van der Waals surface area contributed by atoms with Gasteiger partial charge in [0.1, 0.15) is 9.96 Å². The summed E-state index contributed by atoms with van der Waals surface area (Å²) in [5.41, 5.74) is 2.20. The molecule has 0 atom stereocenters. The number of ether oxygens (including phenoxy) is 1. The molecule has 2 heterocycles. The molecule has 0 aliphatic heterocycles. The normalized spacial score (nSPS) is 11.2. The van der Waals surface area contributed by atoms with Crippen molar-refractivity contribution in [2.75, 3.05) is 22.4 Å². The van der Waals surface area contributed by atoms with E-state index in [-0.39, 0.29) is 15.9 Å². The monoisotopic (exact) mass is 531 g/mol. The molecule has 0 saturated carbocycles. The number of carbonyl (C=O) groups is 1. The number of sulfonamides is 1. The molecule has 2 aromatic carbocycles. The lowest BCUT2D eigenvalue weighted by Crippen LogP contribution is -2.13. The van der Waals surface area contributed by atoms with Crippen LogP contribution in [-0.2, 0) is 14.8 Å². The first-order chi connectivity index (χ1) is 16.4. The van der Waals surface area contributed by atoms with E-state index in [9.17, 15) is 13.2 Å². The lowest BCUT2D eigenvalue weighted by Gasteiger charge is -2.07. The first-order valence-electron chi connectivity index (χ1n) is 10.2. The molecule has 34 heavy (non-hydrogen) atoms. The number of thiophene rings is 1. The van der Waals surface area contributed by atoms with Crippen molar-refractivity contribution in [1.29, 1.82) is 0 Å². The van der Waals surface area contributed by atoms with Crippen LogP contribution < -0.4 is 14.8 Å². The van der Waals surface area contributed by atoms with E-state index in [1.807, 2.05) is 36.6 Å². The van der Waals surface area contributed by atoms with Crippen LogP contribution in [0.2, 0.25) is 0 Å². The van der Waals surface area contributed by atoms with E-state index in [2.05, 4.69) is 15.0 Å². The molecule has 0 radical (unpaired) electrons. The van der Waals surface area contributed by atoms with Crippen LogP contribution in [0.15, 0.2) is 80.5 Å².